The quantitative estimate of drug-likeness (QED) is 0.785. The molecule has 2 rings (SSSR count). The van der Waals surface area contributed by atoms with Crippen molar-refractivity contribution in [2.45, 2.75) is 24.7 Å². The highest BCUT2D eigenvalue weighted by Gasteiger charge is 2.27. The molecule has 1 aromatic rings. The molecule has 4 nitrogen and oxygen atoms in total. The van der Waals surface area contributed by atoms with Gasteiger partial charge in [-0.15, -0.1) is 0 Å². The highest BCUT2D eigenvalue weighted by molar-refractivity contribution is 8.13. The number of rotatable bonds is 5. The van der Waals surface area contributed by atoms with E-state index in [0.29, 0.717) is 22.1 Å². The fourth-order valence-corrected chi connectivity index (χ4v) is 2.72. The SMILES string of the molecule is COc1cc(Cl)cc(CS(=O)(=O)Cl)c1OC1CC1. The number of methoxy groups -OCH3 is 1. The van der Waals surface area contributed by atoms with Crippen LogP contribution in [0.1, 0.15) is 18.4 Å². The van der Waals surface area contributed by atoms with E-state index in [-0.39, 0.29) is 11.9 Å². The molecule has 1 fully saturated rings. The molecule has 1 saturated carbocycles. The normalized spacial score (nSPS) is 15.5. The minimum Gasteiger partial charge on any atom is -0.493 e. The molecule has 0 aromatic heterocycles. The Kier molecular flexibility index (Phi) is 3.94. The molecule has 1 aromatic carbocycles. The second-order valence-electron chi connectivity index (χ2n) is 4.10. The van der Waals surface area contributed by atoms with E-state index in [9.17, 15) is 8.42 Å². The maximum absolute atomic E-state index is 11.2. The Balaban J connectivity index is 2.42. The van der Waals surface area contributed by atoms with Gasteiger partial charge in [0.25, 0.3) is 0 Å². The third-order valence-electron chi connectivity index (χ3n) is 2.45. The molecule has 0 unspecified atom stereocenters. The Bertz CT molecular complexity index is 552. The van der Waals surface area contributed by atoms with Gasteiger partial charge in [0, 0.05) is 27.3 Å². The highest BCUT2D eigenvalue weighted by atomic mass is 35.7. The third kappa shape index (κ3) is 3.67. The van der Waals surface area contributed by atoms with Gasteiger partial charge in [-0.1, -0.05) is 11.6 Å². The fourth-order valence-electron chi connectivity index (χ4n) is 1.55. The summed E-state index contributed by atoms with van der Waals surface area (Å²) in [6, 6.07) is 3.12. The minimum atomic E-state index is -3.68. The summed E-state index contributed by atoms with van der Waals surface area (Å²) in [6.45, 7) is 0. The molecular weight excluding hydrogens is 299 g/mol. The van der Waals surface area contributed by atoms with E-state index < -0.39 is 9.05 Å². The van der Waals surface area contributed by atoms with Crippen LogP contribution in [-0.4, -0.2) is 21.6 Å². The van der Waals surface area contributed by atoms with Crippen molar-refractivity contribution in [3.63, 3.8) is 0 Å². The Morgan fingerprint density at radius 1 is 1.39 bits per heavy atom. The molecule has 1 aliphatic carbocycles. The van der Waals surface area contributed by atoms with E-state index in [1.807, 2.05) is 0 Å². The first kappa shape index (κ1) is 13.8. The molecule has 0 amide bonds. The van der Waals surface area contributed by atoms with E-state index in [1.165, 1.54) is 13.2 Å². The number of ether oxygens (including phenoxy) is 2. The second kappa shape index (κ2) is 5.15. The Hall–Kier alpha value is -0.650. The van der Waals surface area contributed by atoms with E-state index in [4.69, 9.17) is 31.8 Å². The zero-order valence-electron chi connectivity index (χ0n) is 9.65. The van der Waals surface area contributed by atoms with Crippen LogP contribution in [0.5, 0.6) is 11.5 Å². The molecule has 100 valence electrons. The fraction of sp³-hybridized carbons (Fsp3) is 0.455. The van der Waals surface area contributed by atoms with Crippen LogP contribution in [0.15, 0.2) is 12.1 Å². The van der Waals surface area contributed by atoms with Crippen LogP contribution < -0.4 is 9.47 Å². The molecule has 0 radical (unpaired) electrons. The van der Waals surface area contributed by atoms with Gasteiger partial charge in [0.1, 0.15) is 0 Å². The van der Waals surface area contributed by atoms with Crippen molar-refractivity contribution in [2.75, 3.05) is 7.11 Å². The van der Waals surface area contributed by atoms with Crippen molar-refractivity contribution < 1.29 is 17.9 Å². The topological polar surface area (TPSA) is 52.6 Å². The molecule has 7 heteroatoms. The predicted molar refractivity (Wildman–Crippen MR) is 70.1 cm³/mol. The summed E-state index contributed by atoms with van der Waals surface area (Å²) in [5.41, 5.74) is 0.418. The molecule has 1 aliphatic rings. The van der Waals surface area contributed by atoms with Crippen LogP contribution in [-0.2, 0) is 14.8 Å². The van der Waals surface area contributed by atoms with E-state index in [0.717, 1.165) is 12.8 Å². The lowest BCUT2D eigenvalue weighted by molar-refractivity contribution is 0.280. The lowest BCUT2D eigenvalue weighted by atomic mass is 10.2. The van der Waals surface area contributed by atoms with Crippen molar-refractivity contribution in [3.05, 3.63) is 22.7 Å². The minimum absolute atomic E-state index is 0.122. The third-order valence-corrected chi connectivity index (χ3v) is 3.65. The summed E-state index contributed by atoms with van der Waals surface area (Å²) in [7, 11) is 3.07. The van der Waals surface area contributed by atoms with Gasteiger partial charge in [-0.3, -0.25) is 0 Å². The Morgan fingerprint density at radius 3 is 2.56 bits per heavy atom. The zero-order valence-corrected chi connectivity index (χ0v) is 12.0. The highest BCUT2D eigenvalue weighted by Crippen LogP contribution is 2.39. The van der Waals surface area contributed by atoms with Crippen molar-refractivity contribution >= 4 is 31.3 Å². The second-order valence-corrected chi connectivity index (χ2v) is 7.31. The number of hydrogen-bond acceptors (Lipinski definition) is 4. The van der Waals surface area contributed by atoms with Crippen LogP contribution in [0.25, 0.3) is 0 Å². The summed E-state index contributed by atoms with van der Waals surface area (Å²) in [5, 5.41) is 0.380. The van der Waals surface area contributed by atoms with Crippen LogP contribution in [0, 0.1) is 0 Å². The molecular formula is C11H12Cl2O4S. The van der Waals surface area contributed by atoms with Gasteiger partial charge in [0.15, 0.2) is 11.5 Å². The van der Waals surface area contributed by atoms with E-state index in [2.05, 4.69) is 0 Å². The largest absolute Gasteiger partial charge is 0.493 e. The van der Waals surface area contributed by atoms with Gasteiger partial charge >= 0.3 is 0 Å². The molecule has 0 heterocycles. The van der Waals surface area contributed by atoms with Crippen LogP contribution in [0.3, 0.4) is 0 Å². The zero-order chi connectivity index (χ0) is 13.3. The summed E-state index contributed by atoms with van der Waals surface area (Å²) < 4.78 is 33.2. The van der Waals surface area contributed by atoms with E-state index in [1.54, 1.807) is 6.07 Å². The molecule has 0 N–H and O–H groups in total. The van der Waals surface area contributed by atoms with Gasteiger partial charge in [-0.2, -0.15) is 0 Å². The van der Waals surface area contributed by atoms with E-state index >= 15 is 0 Å². The Morgan fingerprint density at radius 2 is 2.06 bits per heavy atom. The predicted octanol–water partition coefficient (Wildman–Crippen LogP) is 2.96. The first-order valence-corrected chi connectivity index (χ1v) is 8.20. The Labute approximate surface area is 115 Å². The summed E-state index contributed by atoms with van der Waals surface area (Å²) in [6.07, 6.45) is 2.04. The lowest BCUT2D eigenvalue weighted by Crippen LogP contribution is -2.05. The van der Waals surface area contributed by atoms with Gasteiger partial charge in [-0.05, 0) is 18.9 Å². The average Bonchev–Trinajstić information content (AvgIpc) is 3.03. The summed E-state index contributed by atoms with van der Waals surface area (Å²) in [5.74, 6) is 0.492. The summed E-state index contributed by atoms with van der Waals surface area (Å²) in [4.78, 5) is 0. The van der Waals surface area contributed by atoms with Gasteiger partial charge in [0.2, 0.25) is 9.05 Å². The molecule has 0 aliphatic heterocycles. The molecule has 0 saturated heterocycles. The van der Waals surface area contributed by atoms with Crippen LogP contribution in [0.4, 0.5) is 0 Å². The molecule has 18 heavy (non-hydrogen) atoms. The maximum Gasteiger partial charge on any atom is 0.236 e. The van der Waals surface area contributed by atoms with Crippen molar-refractivity contribution in [3.8, 4) is 11.5 Å². The van der Waals surface area contributed by atoms with Gasteiger partial charge in [0.05, 0.1) is 19.0 Å². The first-order valence-electron chi connectivity index (χ1n) is 5.34. The van der Waals surface area contributed by atoms with Crippen LogP contribution >= 0.6 is 22.3 Å². The van der Waals surface area contributed by atoms with Crippen LogP contribution in [0.2, 0.25) is 5.02 Å². The number of hydrogen-bond donors (Lipinski definition) is 0. The number of halogens is 2. The first-order chi connectivity index (χ1) is 8.39. The molecule has 0 atom stereocenters. The van der Waals surface area contributed by atoms with Gasteiger partial charge in [-0.25, -0.2) is 8.42 Å². The van der Waals surface area contributed by atoms with Gasteiger partial charge < -0.3 is 9.47 Å². The maximum atomic E-state index is 11.2. The lowest BCUT2D eigenvalue weighted by Gasteiger charge is -2.14. The van der Waals surface area contributed by atoms with Crippen molar-refractivity contribution in [2.24, 2.45) is 0 Å². The smallest absolute Gasteiger partial charge is 0.236 e. The summed E-state index contributed by atoms with van der Waals surface area (Å²) >= 11 is 5.91. The monoisotopic (exact) mass is 310 g/mol. The number of benzene rings is 1. The average molecular weight is 311 g/mol. The van der Waals surface area contributed by atoms with Crippen molar-refractivity contribution in [1.82, 2.24) is 0 Å². The standard InChI is InChI=1S/C11H12Cl2O4S/c1-16-10-5-8(12)4-7(6-18(13,14)15)11(10)17-9-2-3-9/h4-5,9H,2-3,6H2,1H3. The molecule has 0 spiro atoms. The molecule has 0 bridgehead atoms. The van der Waals surface area contributed by atoms with Crippen molar-refractivity contribution in [1.29, 1.82) is 0 Å².